The number of carbonyl (C=O) groups excluding carboxylic acids is 1. The highest BCUT2D eigenvalue weighted by Gasteiger charge is 2.26. The van der Waals surface area contributed by atoms with E-state index in [4.69, 9.17) is 4.74 Å². The van der Waals surface area contributed by atoms with Gasteiger partial charge in [-0.3, -0.25) is 4.79 Å². The van der Waals surface area contributed by atoms with Crippen molar-refractivity contribution in [3.8, 4) is 0 Å². The number of hydrogen-bond donors (Lipinski definition) is 0. The normalized spacial score (nSPS) is 20.9. The summed E-state index contributed by atoms with van der Waals surface area (Å²) in [7, 11) is 0. The molecule has 4 nitrogen and oxygen atoms in total. The first kappa shape index (κ1) is 11.5. The predicted molar refractivity (Wildman–Crippen MR) is 53.5 cm³/mol. The van der Waals surface area contributed by atoms with Crippen molar-refractivity contribution in [3.63, 3.8) is 0 Å². The van der Waals surface area contributed by atoms with Gasteiger partial charge in [0.25, 0.3) is 0 Å². The fraction of sp³-hybridized carbons (Fsp3) is 0.900. The molecule has 0 aromatic rings. The molecular weight excluding hydrogens is 182 g/mol. The molecule has 0 unspecified atom stereocenters. The Labute approximate surface area is 84.8 Å². The Hall–Kier alpha value is -0.610. The Morgan fingerprint density at radius 1 is 1.36 bits per heavy atom. The van der Waals surface area contributed by atoms with Crippen LogP contribution >= 0.6 is 0 Å². The van der Waals surface area contributed by atoms with Gasteiger partial charge in [-0.2, -0.15) is 0 Å². The zero-order valence-electron chi connectivity index (χ0n) is 9.08. The van der Waals surface area contributed by atoms with E-state index in [1.807, 2.05) is 20.8 Å². The second kappa shape index (κ2) is 4.28. The summed E-state index contributed by atoms with van der Waals surface area (Å²) < 4.78 is 5.25. The van der Waals surface area contributed by atoms with Crippen molar-refractivity contribution in [3.05, 3.63) is 5.21 Å². The summed E-state index contributed by atoms with van der Waals surface area (Å²) in [5.74, 6) is -0.245. The van der Waals surface area contributed by atoms with Gasteiger partial charge >= 0.3 is 5.97 Å². The monoisotopic (exact) mass is 200 g/mol. The summed E-state index contributed by atoms with van der Waals surface area (Å²) >= 11 is 0. The van der Waals surface area contributed by atoms with Crippen LogP contribution in [-0.4, -0.2) is 29.7 Å². The minimum atomic E-state index is -0.425. The maximum atomic E-state index is 11.6. The van der Waals surface area contributed by atoms with E-state index in [-0.39, 0.29) is 11.9 Å². The van der Waals surface area contributed by atoms with Crippen molar-refractivity contribution in [2.75, 3.05) is 13.1 Å². The van der Waals surface area contributed by atoms with E-state index >= 15 is 0 Å². The van der Waals surface area contributed by atoms with Crippen molar-refractivity contribution in [2.45, 2.75) is 39.2 Å². The SMILES string of the molecule is CC(C)(C)OC(=O)C1CCN([O-])CC1. The number of rotatable bonds is 1. The highest BCUT2D eigenvalue weighted by atomic mass is 16.6. The summed E-state index contributed by atoms with van der Waals surface area (Å²) in [4.78, 5) is 11.6. The van der Waals surface area contributed by atoms with Gasteiger partial charge in [0.1, 0.15) is 5.60 Å². The number of carbonyl (C=O) groups is 1. The Morgan fingerprint density at radius 3 is 2.29 bits per heavy atom. The third-order valence-corrected chi connectivity index (χ3v) is 2.19. The Morgan fingerprint density at radius 2 is 1.86 bits per heavy atom. The molecule has 0 N–H and O–H groups in total. The minimum absolute atomic E-state index is 0.0839. The topological polar surface area (TPSA) is 52.6 Å². The van der Waals surface area contributed by atoms with Crippen molar-refractivity contribution < 1.29 is 9.53 Å². The highest BCUT2D eigenvalue weighted by molar-refractivity contribution is 5.73. The molecule has 0 bridgehead atoms. The molecule has 1 aliphatic heterocycles. The Balaban J connectivity index is 2.38. The number of ether oxygens (including phenoxy) is 1. The van der Waals surface area contributed by atoms with E-state index < -0.39 is 5.60 Å². The maximum Gasteiger partial charge on any atom is 0.309 e. The second-order valence-corrected chi connectivity index (χ2v) is 4.74. The molecule has 1 heterocycles. The molecule has 0 aromatic heterocycles. The number of hydroxylamine groups is 2. The fourth-order valence-electron chi connectivity index (χ4n) is 1.48. The van der Waals surface area contributed by atoms with Gasteiger partial charge < -0.3 is 15.0 Å². The highest BCUT2D eigenvalue weighted by Crippen LogP contribution is 2.20. The summed E-state index contributed by atoms with van der Waals surface area (Å²) in [5, 5.41) is 11.9. The molecule has 0 amide bonds. The first-order valence-corrected chi connectivity index (χ1v) is 5.03. The average Bonchev–Trinajstić information content (AvgIpc) is 2.02. The molecule has 0 saturated carbocycles. The Bertz CT molecular complexity index is 202. The van der Waals surface area contributed by atoms with E-state index in [2.05, 4.69) is 0 Å². The van der Waals surface area contributed by atoms with E-state index in [0.29, 0.717) is 25.9 Å². The van der Waals surface area contributed by atoms with Crippen LogP contribution in [0.5, 0.6) is 0 Å². The third kappa shape index (κ3) is 3.64. The first-order valence-electron chi connectivity index (χ1n) is 5.03. The van der Waals surface area contributed by atoms with Crippen molar-refractivity contribution in [1.29, 1.82) is 0 Å². The van der Waals surface area contributed by atoms with Gasteiger partial charge in [-0.05, 0) is 46.7 Å². The smallest absolute Gasteiger partial charge is 0.309 e. The van der Waals surface area contributed by atoms with Crippen molar-refractivity contribution in [1.82, 2.24) is 5.06 Å². The molecule has 1 rings (SSSR count). The standard InChI is InChI=1S/C10H18NO3/c1-10(2,3)14-9(12)8-4-6-11(13)7-5-8/h8H,4-7H2,1-3H3/q-1. The molecule has 0 atom stereocenters. The van der Waals surface area contributed by atoms with E-state index in [1.165, 1.54) is 0 Å². The molecule has 1 fully saturated rings. The number of piperidine rings is 1. The maximum absolute atomic E-state index is 11.6. The summed E-state index contributed by atoms with van der Waals surface area (Å²) in [6.45, 7) is 6.46. The molecule has 82 valence electrons. The molecule has 14 heavy (non-hydrogen) atoms. The lowest BCUT2D eigenvalue weighted by atomic mass is 9.98. The van der Waals surface area contributed by atoms with Gasteiger partial charge in [0.2, 0.25) is 0 Å². The zero-order chi connectivity index (χ0) is 10.8. The average molecular weight is 200 g/mol. The van der Waals surface area contributed by atoms with E-state index in [9.17, 15) is 10.0 Å². The van der Waals surface area contributed by atoms with Crippen LogP contribution in [0.25, 0.3) is 0 Å². The summed E-state index contributed by atoms with van der Waals surface area (Å²) in [6, 6.07) is 0. The predicted octanol–water partition coefficient (Wildman–Crippen LogP) is 1.54. The van der Waals surface area contributed by atoms with Gasteiger partial charge in [0, 0.05) is 0 Å². The molecule has 1 aliphatic rings. The van der Waals surface area contributed by atoms with Crippen LogP contribution in [0.1, 0.15) is 33.6 Å². The van der Waals surface area contributed by atoms with Gasteiger partial charge in [-0.25, -0.2) is 0 Å². The van der Waals surface area contributed by atoms with Crippen molar-refractivity contribution >= 4 is 5.97 Å². The van der Waals surface area contributed by atoms with Gasteiger partial charge in [-0.1, -0.05) is 0 Å². The number of hydrogen-bond acceptors (Lipinski definition) is 4. The Kier molecular flexibility index (Phi) is 3.50. The van der Waals surface area contributed by atoms with Gasteiger partial charge in [0.05, 0.1) is 5.92 Å². The number of esters is 1. The largest absolute Gasteiger partial charge is 0.785 e. The van der Waals surface area contributed by atoms with E-state index in [1.54, 1.807) is 0 Å². The van der Waals surface area contributed by atoms with Crippen molar-refractivity contribution in [2.24, 2.45) is 5.92 Å². The lowest BCUT2D eigenvalue weighted by Crippen LogP contribution is -2.36. The van der Waals surface area contributed by atoms with Gasteiger partial charge in [-0.15, -0.1) is 0 Å². The molecule has 0 radical (unpaired) electrons. The zero-order valence-corrected chi connectivity index (χ0v) is 9.08. The van der Waals surface area contributed by atoms with Crippen LogP contribution in [-0.2, 0) is 9.53 Å². The van der Waals surface area contributed by atoms with Crippen LogP contribution in [0.15, 0.2) is 0 Å². The summed E-state index contributed by atoms with van der Waals surface area (Å²) in [5.41, 5.74) is -0.425. The molecule has 0 aliphatic carbocycles. The lowest BCUT2D eigenvalue weighted by Gasteiger charge is -2.36. The van der Waals surface area contributed by atoms with Gasteiger partial charge in [0.15, 0.2) is 0 Å². The van der Waals surface area contributed by atoms with Crippen LogP contribution < -0.4 is 0 Å². The van der Waals surface area contributed by atoms with Crippen LogP contribution in [0.2, 0.25) is 0 Å². The fourth-order valence-corrected chi connectivity index (χ4v) is 1.48. The summed E-state index contributed by atoms with van der Waals surface area (Å²) in [6.07, 6.45) is 1.25. The van der Waals surface area contributed by atoms with Crippen LogP contribution in [0.4, 0.5) is 0 Å². The van der Waals surface area contributed by atoms with Crippen LogP contribution in [0, 0.1) is 11.1 Å². The lowest BCUT2D eigenvalue weighted by molar-refractivity contribution is -0.161. The first-order chi connectivity index (χ1) is 6.38. The number of nitrogens with zero attached hydrogens (tertiary/aromatic N) is 1. The molecular formula is C10H18NO3-. The van der Waals surface area contributed by atoms with Crippen LogP contribution in [0.3, 0.4) is 0 Å². The quantitative estimate of drug-likeness (QED) is 0.602. The second-order valence-electron chi connectivity index (χ2n) is 4.74. The molecule has 0 spiro atoms. The third-order valence-electron chi connectivity index (χ3n) is 2.19. The van der Waals surface area contributed by atoms with E-state index in [0.717, 1.165) is 5.06 Å². The molecule has 4 heteroatoms. The molecule has 1 saturated heterocycles. The molecule has 0 aromatic carbocycles. The minimum Gasteiger partial charge on any atom is -0.785 e.